The fraction of sp³-hybridized carbons (Fsp3) is 0.438. The maximum absolute atomic E-state index is 6.28. The summed E-state index contributed by atoms with van der Waals surface area (Å²) in [5.41, 5.74) is 4.61. The van der Waals surface area contributed by atoms with Gasteiger partial charge < -0.3 is 5.32 Å². The van der Waals surface area contributed by atoms with Crippen LogP contribution in [-0.4, -0.2) is 16.8 Å². The van der Waals surface area contributed by atoms with Crippen LogP contribution < -0.4 is 5.32 Å². The molecule has 0 atom stereocenters. The van der Waals surface area contributed by atoms with Crippen molar-refractivity contribution in [2.24, 2.45) is 0 Å². The first-order chi connectivity index (χ1) is 10.1. The Hall–Kier alpha value is -1.03. The Morgan fingerprint density at radius 3 is 2.29 bits per heavy atom. The van der Waals surface area contributed by atoms with Gasteiger partial charge in [0.05, 0.1) is 12.2 Å². The molecule has 21 heavy (non-hydrogen) atoms. The molecule has 0 aliphatic carbocycles. The average molecular weight is 326 g/mol. The first-order valence-electron chi connectivity index (χ1n) is 7.27. The minimum absolute atomic E-state index is 0.610. The highest BCUT2D eigenvalue weighted by atomic mass is 35.5. The molecule has 0 spiro atoms. The number of hydrogen-bond donors (Lipinski definition) is 1. The highest BCUT2D eigenvalue weighted by Gasteiger charge is 2.16. The van der Waals surface area contributed by atoms with Gasteiger partial charge in [0, 0.05) is 33.4 Å². The first kappa shape index (κ1) is 16.3. The molecule has 1 aromatic carbocycles. The standard InChI is InChI=1S/C16H21Cl2N3/c1-4-15-11(9-19-3)16(5-2)21(20-15)10-12-13(17)7-6-8-14(12)18/h6-8,19H,4-5,9-10H2,1-3H3. The lowest BCUT2D eigenvalue weighted by molar-refractivity contribution is 0.638. The number of aryl methyl sites for hydroxylation is 1. The van der Waals surface area contributed by atoms with Gasteiger partial charge in [-0.05, 0) is 32.0 Å². The van der Waals surface area contributed by atoms with E-state index in [1.807, 2.05) is 29.9 Å². The van der Waals surface area contributed by atoms with Gasteiger partial charge in [-0.3, -0.25) is 4.68 Å². The Morgan fingerprint density at radius 2 is 1.76 bits per heavy atom. The molecule has 0 aliphatic heterocycles. The lowest BCUT2D eigenvalue weighted by Gasteiger charge is -2.10. The Balaban J connectivity index is 2.44. The number of benzene rings is 1. The molecule has 2 aromatic rings. The summed E-state index contributed by atoms with van der Waals surface area (Å²) >= 11 is 12.6. The average Bonchev–Trinajstić information content (AvgIpc) is 2.80. The van der Waals surface area contributed by atoms with E-state index in [2.05, 4.69) is 19.2 Å². The fourth-order valence-corrected chi connectivity index (χ4v) is 3.13. The number of halogens is 2. The van der Waals surface area contributed by atoms with Crippen LogP contribution in [0, 0.1) is 0 Å². The summed E-state index contributed by atoms with van der Waals surface area (Å²) in [5, 5.41) is 9.36. The van der Waals surface area contributed by atoms with Crippen LogP contribution in [0.4, 0.5) is 0 Å². The van der Waals surface area contributed by atoms with E-state index in [9.17, 15) is 0 Å². The van der Waals surface area contributed by atoms with Gasteiger partial charge in [0.25, 0.3) is 0 Å². The predicted molar refractivity (Wildman–Crippen MR) is 89.3 cm³/mol. The van der Waals surface area contributed by atoms with Crippen LogP contribution in [0.1, 0.15) is 36.4 Å². The molecule has 1 N–H and O–H groups in total. The van der Waals surface area contributed by atoms with Crippen LogP contribution >= 0.6 is 23.2 Å². The van der Waals surface area contributed by atoms with Gasteiger partial charge in [0.15, 0.2) is 0 Å². The Morgan fingerprint density at radius 1 is 1.10 bits per heavy atom. The van der Waals surface area contributed by atoms with E-state index in [0.29, 0.717) is 16.6 Å². The molecule has 0 radical (unpaired) electrons. The van der Waals surface area contributed by atoms with E-state index in [1.165, 1.54) is 11.3 Å². The van der Waals surface area contributed by atoms with Crippen molar-refractivity contribution in [2.75, 3.05) is 7.05 Å². The van der Waals surface area contributed by atoms with Crippen LogP contribution in [0.15, 0.2) is 18.2 Å². The molecule has 0 saturated heterocycles. The summed E-state index contributed by atoms with van der Waals surface area (Å²) < 4.78 is 2.04. The zero-order valence-corrected chi connectivity index (χ0v) is 14.2. The van der Waals surface area contributed by atoms with Crippen molar-refractivity contribution in [3.63, 3.8) is 0 Å². The molecule has 3 nitrogen and oxygen atoms in total. The molecule has 114 valence electrons. The molecule has 0 aliphatic rings. The fourth-order valence-electron chi connectivity index (χ4n) is 2.61. The van der Waals surface area contributed by atoms with Crippen LogP contribution in [0.5, 0.6) is 0 Å². The van der Waals surface area contributed by atoms with Gasteiger partial charge in [-0.1, -0.05) is 43.1 Å². The molecule has 0 bridgehead atoms. The molecule has 0 saturated carbocycles. The first-order valence-corrected chi connectivity index (χ1v) is 8.02. The Kier molecular flexibility index (Phi) is 5.68. The molecule has 1 heterocycles. The highest BCUT2D eigenvalue weighted by molar-refractivity contribution is 6.35. The predicted octanol–water partition coefficient (Wildman–Crippen LogP) is 4.08. The summed E-state index contributed by atoms with van der Waals surface area (Å²) in [5.74, 6) is 0. The lowest BCUT2D eigenvalue weighted by atomic mass is 10.1. The van der Waals surface area contributed by atoms with Gasteiger partial charge in [-0.15, -0.1) is 0 Å². The maximum atomic E-state index is 6.28. The third-order valence-electron chi connectivity index (χ3n) is 3.64. The van der Waals surface area contributed by atoms with Crippen molar-refractivity contribution in [3.8, 4) is 0 Å². The molecule has 2 rings (SSSR count). The minimum Gasteiger partial charge on any atom is -0.316 e. The SMILES string of the molecule is CCc1nn(Cc2c(Cl)cccc2Cl)c(CC)c1CNC. The zero-order valence-electron chi connectivity index (χ0n) is 12.7. The zero-order chi connectivity index (χ0) is 15.4. The van der Waals surface area contributed by atoms with E-state index in [1.54, 1.807) is 0 Å². The topological polar surface area (TPSA) is 29.9 Å². The second kappa shape index (κ2) is 7.30. The Labute approximate surface area is 136 Å². The van der Waals surface area contributed by atoms with E-state index >= 15 is 0 Å². The van der Waals surface area contributed by atoms with Crippen LogP contribution in [0.25, 0.3) is 0 Å². The van der Waals surface area contributed by atoms with Crippen LogP contribution in [0.3, 0.4) is 0 Å². The van der Waals surface area contributed by atoms with Gasteiger partial charge in [0.1, 0.15) is 0 Å². The normalized spacial score (nSPS) is 11.1. The monoisotopic (exact) mass is 325 g/mol. The van der Waals surface area contributed by atoms with Gasteiger partial charge in [-0.2, -0.15) is 5.10 Å². The second-order valence-electron chi connectivity index (χ2n) is 4.97. The van der Waals surface area contributed by atoms with Gasteiger partial charge in [-0.25, -0.2) is 0 Å². The van der Waals surface area contributed by atoms with Crippen molar-refractivity contribution < 1.29 is 0 Å². The van der Waals surface area contributed by atoms with Crippen LogP contribution in [0.2, 0.25) is 10.0 Å². The summed E-state index contributed by atoms with van der Waals surface area (Å²) in [6.45, 7) is 5.73. The van der Waals surface area contributed by atoms with Crippen molar-refractivity contribution >= 4 is 23.2 Å². The smallest absolute Gasteiger partial charge is 0.0692 e. The van der Waals surface area contributed by atoms with Crippen LogP contribution in [-0.2, 0) is 25.9 Å². The largest absolute Gasteiger partial charge is 0.316 e. The molecule has 0 amide bonds. The van der Waals surface area contributed by atoms with Crippen molar-refractivity contribution in [1.29, 1.82) is 0 Å². The number of nitrogens with one attached hydrogen (secondary N) is 1. The van der Waals surface area contributed by atoms with Gasteiger partial charge >= 0.3 is 0 Å². The van der Waals surface area contributed by atoms with E-state index < -0.39 is 0 Å². The summed E-state index contributed by atoms with van der Waals surface area (Å²) in [6.07, 6.45) is 1.86. The number of nitrogens with zero attached hydrogens (tertiary/aromatic N) is 2. The Bertz CT molecular complexity index is 600. The summed E-state index contributed by atoms with van der Waals surface area (Å²) in [6, 6.07) is 5.60. The van der Waals surface area contributed by atoms with Crippen molar-refractivity contribution in [3.05, 3.63) is 50.8 Å². The summed E-state index contributed by atoms with van der Waals surface area (Å²) in [4.78, 5) is 0. The quantitative estimate of drug-likeness (QED) is 0.867. The maximum Gasteiger partial charge on any atom is 0.0692 e. The van der Waals surface area contributed by atoms with Crippen molar-refractivity contribution in [1.82, 2.24) is 15.1 Å². The van der Waals surface area contributed by atoms with E-state index in [0.717, 1.165) is 30.6 Å². The number of rotatable bonds is 6. The van der Waals surface area contributed by atoms with E-state index in [4.69, 9.17) is 28.3 Å². The second-order valence-corrected chi connectivity index (χ2v) is 5.78. The molecule has 0 unspecified atom stereocenters. The third kappa shape index (κ3) is 3.42. The minimum atomic E-state index is 0.610. The third-order valence-corrected chi connectivity index (χ3v) is 4.35. The number of hydrogen-bond acceptors (Lipinski definition) is 2. The summed E-state index contributed by atoms with van der Waals surface area (Å²) in [7, 11) is 1.96. The molecular weight excluding hydrogens is 305 g/mol. The number of aromatic nitrogens is 2. The molecule has 0 fully saturated rings. The van der Waals surface area contributed by atoms with Crippen molar-refractivity contribution in [2.45, 2.75) is 39.8 Å². The van der Waals surface area contributed by atoms with E-state index in [-0.39, 0.29) is 0 Å². The molecule has 5 heteroatoms. The molecule has 1 aromatic heterocycles. The van der Waals surface area contributed by atoms with Gasteiger partial charge in [0.2, 0.25) is 0 Å². The molecular formula is C16H21Cl2N3. The highest BCUT2D eigenvalue weighted by Crippen LogP contribution is 2.26. The lowest BCUT2D eigenvalue weighted by Crippen LogP contribution is -2.11.